The first-order chi connectivity index (χ1) is 7.81. The number of ether oxygens (including phenoxy) is 1. The first kappa shape index (κ1) is 11.0. The van der Waals surface area contributed by atoms with Gasteiger partial charge in [0, 0.05) is 31.3 Å². The third-order valence-corrected chi connectivity index (χ3v) is 2.69. The maximum Gasteiger partial charge on any atom is 0.0705 e. The van der Waals surface area contributed by atoms with Gasteiger partial charge in [-0.05, 0) is 24.1 Å². The average molecular weight is 216 g/mol. The molecule has 1 heterocycles. The van der Waals surface area contributed by atoms with Crippen LogP contribution in [0, 0.1) is 0 Å². The number of pyridine rings is 1. The van der Waals surface area contributed by atoms with Crippen molar-refractivity contribution < 1.29 is 4.74 Å². The second-order valence-electron chi connectivity index (χ2n) is 3.84. The highest BCUT2D eigenvalue weighted by molar-refractivity contribution is 5.78. The van der Waals surface area contributed by atoms with Crippen LogP contribution in [-0.2, 0) is 4.74 Å². The number of fused-ring (bicyclic) bond motifs is 1. The fourth-order valence-corrected chi connectivity index (χ4v) is 1.73. The van der Waals surface area contributed by atoms with Crippen LogP contribution in [0.3, 0.4) is 0 Å². The molecule has 0 saturated carbocycles. The van der Waals surface area contributed by atoms with E-state index < -0.39 is 0 Å². The molecule has 0 saturated heterocycles. The summed E-state index contributed by atoms with van der Waals surface area (Å²) in [6, 6.07) is 10.2. The molecule has 0 bridgehead atoms. The van der Waals surface area contributed by atoms with Gasteiger partial charge in [0.05, 0.1) is 5.52 Å². The number of rotatable bonds is 4. The van der Waals surface area contributed by atoms with Crippen LogP contribution in [0.1, 0.15) is 18.0 Å². The number of nitrogens with zero attached hydrogens (tertiary/aromatic N) is 1. The quantitative estimate of drug-likeness (QED) is 0.852. The molecule has 84 valence electrons. The molecule has 1 atom stereocenters. The zero-order chi connectivity index (χ0) is 11.4. The molecule has 1 aromatic carbocycles. The number of hydrogen-bond donors (Lipinski definition) is 1. The number of nitrogens with two attached hydrogens (primary N) is 1. The van der Waals surface area contributed by atoms with Crippen molar-refractivity contribution in [1.29, 1.82) is 0 Å². The lowest BCUT2D eigenvalue weighted by atomic mass is 10.0. The third-order valence-electron chi connectivity index (χ3n) is 2.69. The molecule has 1 unspecified atom stereocenters. The molecule has 0 radical (unpaired) electrons. The number of benzene rings is 1. The van der Waals surface area contributed by atoms with E-state index in [1.807, 2.05) is 12.1 Å². The predicted molar refractivity (Wildman–Crippen MR) is 65.2 cm³/mol. The highest BCUT2D eigenvalue weighted by Crippen LogP contribution is 2.19. The standard InChI is InChI=1S/C13H16N2O/c1-16-8-6-12(14)11-5-4-10-3-2-7-15-13(10)9-11/h2-5,7,9,12H,6,8,14H2,1H3. The molecule has 1 aromatic heterocycles. The Hall–Kier alpha value is -1.45. The zero-order valence-electron chi connectivity index (χ0n) is 9.39. The van der Waals surface area contributed by atoms with Gasteiger partial charge in [-0.1, -0.05) is 18.2 Å². The van der Waals surface area contributed by atoms with Crippen LogP contribution >= 0.6 is 0 Å². The van der Waals surface area contributed by atoms with Crippen molar-refractivity contribution in [1.82, 2.24) is 4.98 Å². The molecule has 2 aromatic rings. The lowest BCUT2D eigenvalue weighted by Gasteiger charge is -2.11. The maximum atomic E-state index is 6.06. The van der Waals surface area contributed by atoms with Crippen molar-refractivity contribution in [3.05, 3.63) is 42.1 Å². The van der Waals surface area contributed by atoms with Gasteiger partial charge < -0.3 is 10.5 Å². The van der Waals surface area contributed by atoms with Crippen molar-refractivity contribution >= 4 is 10.9 Å². The van der Waals surface area contributed by atoms with Crippen molar-refractivity contribution in [2.24, 2.45) is 5.73 Å². The Morgan fingerprint density at radius 2 is 2.25 bits per heavy atom. The van der Waals surface area contributed by atoms with Gasteiger partial charge in [0.2, 0.25) is 0 Å². The molecule has 2 N–H and O–H groups in total. The molecule has 3 nitrogen and oxygen atoms in total. The van der Waals surface area contributed by atoms with Crippen LogP contribution in [-0.4, -0.2) is 18.7 Å². The van der Waals surface area contributed by atoms with Crippen molar-refractivity contribution in [3.63, 3.8) is 0 Å². The lowest BCUT2D eigenvalue weighted by molar-refractivity contribution is 0.188. The van der Waals surface area contributed by atoms with E-state index in [-0.39, 0.29) is 6.04 Å². The summed E-state index contributed by atoms with van der Waals surface area (Å²) in [4.78, 5) is 4.32. The molecular formula is C13H16N2O. The predicted octanol–water partition coefficient (Wildman–Crippen LogP) is 2.27. The Morgan fingerprint density at radius 3 is 3.06 bits per heavy atom. The van der Waals surface area contributed by atoms with Crippen molar-refractivity contribution in [2.75, 3.05) is 13.7 Å². The first-order valence-electron chi connectivity index (χ1n) is 5.40. The van der Waals surface area contributed by atoms with Gasteiger partial charge in [0.1, 0.15) is 0 Å². The van der Waals surface area contributed by atoms with Gasteiger partial charge in [0.25, 0.3) is 0 Å². The average Bonchev–Trinajstić information content (AvgIpc) is 2.35. The van der Waals surface area contributed by atoms with E-state index in [0.717, 1.165) is 22.9 Å². The Kier molecular flexibility index (Phi) is 3.49. The van der Waals surface area contributed by atoms with Crippen molar-refractivity contribution in [2.45, 2.75) is 12.5 Å². The van der Waals surface area contributed by atoms with E-state index in [9.17, 15) is 0 Å². The number of methoxy groups -OCH3 is 1. The molecule has 16 heavy (non-hydrogen) atoms. The summed E-state index contributed by atoms with van der Waals surface area (Å²) in [5.74, 6) is 0. The molecule has 0 aliphatic carbocycles. The Morgan fingerprint density at radius 1 is 1.38 bits per heavy atom. The summed E-state index contributed by atoms with van der Waals surface area (Å²) in [7, 11) is 1.69. The van der Waals surface area contributed by atoms with Gasteiger partial charge in [-0.15, -0.1) is 0 Å². The first-order valence-corrected chi connectivity index (χ1v) is 5.40. The van der Waals surface area contributed by atoms with E-state index in [4.69, 9.17) is 10.5 Å². The van der Waals surface area contributed by atoms with Crippen LogP contribution in [0.4, 0.5) is 0 Å². The summed E-state index contributed by atoms with van der Waals surface area (Å²) in [6.45, 7) is 0.682. The smallest absolute Gasteiger partial charge is 0.0705 e. The fraction of sp³-hybridized carbons (Fsp3) is 0.308. The van der Waals surface area contributed by atoms with Crippen LogP contribution < -0.4 is 5.73 Å². The molecule has 0 aliphatic heterocycles. The molecule has 0 amide bonds. The molecule has 0 spiro atoms. The van der Waals surface area contributed by atoms with Crippen molar-refractivity contribution in [3.8, 4) is 0 Å². The van der Waals surface area contributed by atoms with Gasteiger partial charge in [-0.3, -0.25) is 4.98 Å². The third kappa shape index (κ3) is 2.38. The fourth-order valence-electron chi connectivity index (χ4n) is 1.73. The summed E-state index contributed by atoms with van der Waals surface area (Å²) in [6.07, 6.45) is 2.63. The summed E-state index contributed by atoms with van der Waals surface area (Å²) in [5.41, 5.74) is 8.17. The van der Waals surface area contributed by atoms with E-state index in [2.05, 4.69) is 23.2 Å². The maximum absolute atomic E-state index is 6.06. The van der Waals surface area contributed by atoms with Crippen LogP contribution in [0.5, 0.6) is 0 Å². The topological polar surface area (TPSA) is 48.1 Å². The lowest BCUT2D eigenvalue weighted by Crippen LogP contribution is -2.12. The second kappa shape index (κ2) is 5.05. The number of aromatic nitrogens is 1. The largest absolute Gasteiger partial charge is 0.385 e. The van der Waals surface area contributed by atoms with Crippen LogP contribution in [0.25, 0.3) is 10.9 Å². The molecule has 0 fully saturated rings. The van der Waals surface area contributed by atoms with Crippen LogP contribution in [0.15, 0.2) is 36.5 Å². The molecule has 0 aliphatic rings. The highest BCUT2D eigenvalue weighted by atomic mass is 16.5. The molecule has 2 rings (SSSR count). The summed E-state index contributed by atoms with van der Waals surface area (Å²) < 4.78 is 5.03. The van der Waals surface area contributed by atoms with E-state index >= 15 is 0 Å². The minimum absolute atomic E-state index is 0.0198. The minimum atomic E-state index is 0.0198. The molecule has 3 heteroatoms. The highest BCUT2D eigenvalue weighted by Gasteiger charge is 2.06. The van der Waals surface area contributed by atoms with E-state index in [0.29, 0.717) is 6.61 Å². The van der Waals surface area contributed by atoms with E-state index in [1.165, 1.54) is 0 Å². The normalized spacial score (nSPS) is 12.9. The van der Waals surface area contributed by atoms with Crippen LogP contribution in [0.2, 0.25) is 0 Å². The second-order valence-corrected chi connectivity index (χ2v) is 3.84. The van der Waals surface area contributed by atoms with Gasteiger partial charge >= 0.3 is 0 Å². The summed E-state index contributed by atoms with van der Waals surface area (Å²) in [5, 5.41) is 1.14. The Balaban J connectivity index is 2.25. The minimum Gasteiger partial charge on any atom is -0.385 e. The SMILES string of the molecule is COCCC(N)c1ccc2cccnc2c1. The monoisotopic (exact) mass is 216 g/mol. The summed E-state index contributed by atoms with van der Waals surface area (Å²) >= 11 is 0. The number of hydrogen-bond acceptors (Lipinski definition) is 3. The Bertz CT molecular complexity index is 470. The molecular weight excluding hydrogens is 200 g/mol. The Labute approximate surface area is 95.2 Å². The van der Waals surface area contributed by atoms with E-state index in [1.54, 1.807) is 13.3 Å². The van der Waals surface area contributed by atoms with Gasteiger partial charge in [0.15, 0.2) is 0 Å². The van der Waals surface area contributed by atoms with Gasteiger partial charge in [-0.2, -0.15) is 0 Å². The zero-order valence-corrected chi connectivity index (χ0v) is 9.39. The van der Waals surface area contributed by atoms with Gasteiger partial charge in [-0.25, -0.2) is 0 Å².